The summed E-state index contributed by atoms with van der Waals surface area (Å²) in [5.74, 6) is 0.913. The number of piperidine rings is 1. The van der Waals surface area contributed by atoms with Crippen molar-refractivity contribution in [1.29, 1.82) is 0 Å². The number of ether oxygens (including phenoxy) is 1. The number of nitrogens with one attached hydrogen (secondary N) is 2. The highest BCUT2D eigenvalue weighted by atomic mass is 35.5. The van der Waals surface area contributed by atoms with Crippen LogP contribution in [0.3, 0.4) is 0 Å². The Morgan fingerprint density at radius 2 is 1.86 bits per heavy atom. The second-order valence-electron chi connectivity index (χ2n) is 8.65. The van der Waals surface area contributed by atoms with Gasteiger partial charge in [0.05, 0.1) is 13.7 Å². The number of carbonyl (C=O) groups excluding carboxylic acids is 2. The second-order valence-corrected chi connectivity index (χ2v) is 9.08. The van der Waals surface area contributed by atoms with Gasteiger partial charge >= 0.3 is 0 Å². The number of rotatable bonds is 7. The Labute approximate surface area is 172 Å². The molecule has 1 aliphatic rings. The number of nitrogens with zero attached hydrogens (tertiary/aromatic N) is 1. The summed E-state index contributed by atoms with van der Waals surface area (Å²) in [6.45, 7) is 9.80. The third kappa shape index (κ3) is 7.68. The van der Waals surface area contributed by atoms with Gasteiger partial charge in [-0.25, -0.2) is 0 Å². The highest BCUT2D eigenvalue weighted by molar-refractivity contribution is 6.31. The van der Waals surface area contributed by atoms with Crippen molar-refractivity contribution >= 4 is 23.4 Å². The molecule has 1 saturated heterocycles. The molecule has 2 N–H and O–H groups in total. The number of amides is 2. The number of carbonyl (C=O) groups is 2. The van der Waals surface area contributed by atoms with E-state index in [4.69, 9.17) is 16.3 Å². The predicted molar refractivity (Wildman–Crippen MR) is 112 cm³/mol. The smallest absolute Gasteiger partial charge is 0.251 e. The molecule has 0 radical (unpaired) electrons. The van der Waals surface area contributed by atoms with Gasteiger partial charge in [-0.15, -0.1) is 0 Å². The molecule has 1 fully saturated rings. The van der Waals surface area contributed by atoms with E-state index in [0.29, 0.717) is 41.9 Å². The predicted octanol–water partition coefficient (Wildman–Crippen LogP) is 2.95. The third-order valence-electron chi connectivity index (χ3n) is 4.81. The molecule has 156 valence electrons. The molecule has 0 spiro atoms. The Bertz CT molecular complexity index is 680. The largest absolute Gasteiger partial charge is 0.497 e. The molecule has 6 nitrogen and oxygen atoms in total. The SMILES string of the molecule is COc1cc(Cl)cc(C(=O)NCC2CCN(CC(=O)NCC(C)(C)C)CC2)c1. The van der Waals surface area contributed by atoms with Crippen LogP contribution in [0.1, 0.15) is 44.0 Å². The molecule has 0 atom stereocenters. The zero-order valence-electron chi connectivity index (χ0n) is 17.3. The Morgan fingerprint density at radius 1 is 1.18 bits per heavy atom. The molecule has 0 bridgehead atoms. The molecule has 1 aromatic carbocycles. The van der Waals surface area contributed by atoms with Crippen LogP contribution in [0, 0.1) is 11.3 Å². The average Bonchev–Trinajstić information content (AvgIpc) is 2.64. The maximum absolute atomic E-state index is 12.4. The van der Waals surface area contributed by atoms with Crippen LogP contribution in [0.4, 0.5) is 0 Å². The summed E-state index contributed by atoms with van der Waals surface area (Å²) in [5.41, 5.74) is 0.589. The normalized spacial score (nSPS) is 15.9. The number of benzene rings is 1. The highest BCUT2D eigenvalue weighted by Crippen LogP contribution is 2.21. The molecule has 0 saturated carbocycles. The van der Waals surface area contributed by atoms with E-state index in [0.717, 1.165) is 25.9 Å². The lowest BCUT2D eigenvalue weighted by Crippen LogP contribution is -2.44. The number of hydrogen-bond donors (Lipinski definition) is 2. The average molecular weight is 410 g/mol. The molecule has 28 heavy (non-hydrogen) atoms. The van der Waals surface area contributed by atoms with Crippen molar-refractivity contribution < 1.29 is 14.3 Å². The first kappa shape index (κ1) is 22.5. The first-order chi connectivity index (χ1) is 13.2. The molecule has 1 aliphatic heterocycles. The fourth-order valence-electron chi connectivity index (χ4n) is 3.12. The first-order valence-electron chi connectivity index (χ1n) is 9.78. The van der Waals surface area contributed by atoms with E-state index in [-0.39, 0.29) is 17.2 Å². The van der Waals surface area contributed by atoms with Gasteiger partial charge in [0.25, 0.3) is 5.91 Å². The van der Waals surface area contributed by atoms with Crippen molar-refractivity contribution in [2.24, 2.45) is 11.3 Å². The van der Waals surface area contributed by atoms with Crippen LogP contribution < -0.4 is 15.4 Å². The number of methoxy groups -OCH3 is 1. The van der Waals surface area contributed by atoms with E-state index in [1.807, 2.05) is 0 Å². The zero-order valence-corrected chi connectivity index (χ0v) is 18.1. The zero-order chi connectivity index (χ0) is 20.7. The van der Waals surface area contributed by atoms with Gasteiger partial charge in [-0.2, -0.15) is 0 Å². The number of hydrogen-bond acceptors (Lipinski definition) is 4. The molecular weight excluding hydrogens is 378 g/mol. The van der Waals surface area contributed by atoms with Gasteiger partial charge < -0.3 is 15.4 Å². The van der Waals surface area contributed by atoms with Crippen molar-refractivity contribution in [1.82, 2.24) is 15.5 Å². The van der Waals surface area contributed by atoms with Crippen LogP contribution in [0.25, 0.3) is 0 Å². The van der Waals surface area contributed by atoms with Crippen molar-refractivity contribution in [3.05, 3.63) is 28.8 Å². The van der Waals surface area contributed by atoms with Crippen LogP contribution in [0.15, 0.2) is 18.2 Å². The lowest BCUT2D eigenvalue weighted by molar-refractivity contribution is -0.123. The van der Waals surface area contributed by atoms with E-state index in [1.54, 1.807) is 25.3 Å². The van der Waals surface area contributed by atoms with Gasteiger partial charge in [0.1, 0.15) is 5.75 Å². The first-order valence-corrected chi connectivity index (χ1v) is 10.2. The fourth-order valence-corrected chi connectivity index (χ4v) is 3.35. The molecule has 2 rings (SSSR count). The van der Waals surface area contributed by atoms with Gasteiger partial charge in [0.15, 0.2) is 0 Å². The van der Waals surface area contributed by atoms with Gasteiger partial charge in [-0.1, -0.05) is 32.4 Å². The van der Waals surface area contributed by atoms with Gasteiger partial charge in [-0.05, 0) is 55.5 Å². The second kappa shape index (κ2) is 10.1. The molecule has 1 heterocycles. The topological polar surface area (TPSA) is 70.7 Å². The van der Waals surface area contributed by atoms with E-state index >= 15 is 0 Å². The maximum atomic E-state index is 12.4. The molecular formula is C21H32ClN3O3. The number of likely N-dealkylation sites (tertiary alicyclic amines) is 1. The lowest BCUT2D eigenvalue weighted by atomic mass is 9.96. The third-order valence-corrected chi connectivity index (χ3v) is 5.03. The molecule has 0 aromatic heterocycles. The standard InChI is InChI=1S/C21H32ClN3O3/c1-21(2,3)14-24-19(26)13-25-7-5-15(6-8-25)12-23-20(27)16-9-17(22)11-18(10-16)28-4/h9-11,15H,5-8,12-14H2,1-4H3,(H,23,27)(H,24,26). The quantitative estimate of drug-likeness (QED) is 0.726. The van der Waals surface area contributed by atoms with Gasteiger partial charge in [0, 0.05) is 23.7 Å². The maximum Gasteiger partial charge on any atom is 0.251 e. The monoisotopic (exact) mass is 409 g/mol. The fraction of sp³-hybridized carbons (Fsp3) is 0.619. The van der Waals surface area contributed by atoms with Crippen LogP contribution in [0.2, 0.25) is 5.02 Å². The summed E-state index contributed by atoms with van der Waals surface area (Å²) in [6.07, 6.45) is 1.93. The van der Waals surface area contributed by atoms with Crippen molar-refractivity contribution in [2.75, 3.05) is 39.8 Å². The Hall–Kier alpha value is -1.79. The minimum atomic E-state index is -0.148. The van der Waals surface area contributed by atoms with Crippen LogP contribution in [0.5, 0.6) is 5.75 Å². The summed E-state index contributed by atoms with van der Waals surface area (Å²) in [4.78, 5) is 26.6. The Balaban J connectivity index is 1.72. The molecule has 2 amide bonds. The van der Waals surface area contributed by atoms with E-state index in [1.165, 1.54) is 0 Å². The van der Waals surface area contributed by atoms with E-state index in [9.17, 15) is 9.59 Å². The summed E-state index contributed by atoms with van der Waals surface area (Å²) in [5, 5.41) is 6.46. The van der Waals surface area contributed by atoms with Crippen LogP contribution >= 0.6 is 11.6 Å². The lowest BCUT2D eigenvalue weighted by Gasteiger charge is -2.31. The highest BCUT2D eigenvalue weighted by Gasteiger charge is 2.22. The van der Waals surface area contributed by atoms with Crippen LogP contribution in [-0.4, -0.2) is 56.5 Å². The van der Waals surface area contributed by atoms with E-state index < -0.39 is 0 Å². The Kier molecular flexibility index (Phi) is 8.13. The molecule has 0 unspecified atom stereocenters. The summed E-state index contributed by atoms with van der Waals surface area (Å²) in [6, 6.07) is 4.99. The Morgan fingerprint density at radius 3 is 2.46 bits per heavy atom. The summed E-state index contributed by atoms with van der Waals surface area (Å²) < 4.78 is 5.16. The number of halogens is 1. The van der Waals surface area contributed by atoms with Crippen LogP contribution in [-0.2, 0) is 4.79 Å². The van der Waals surface area contributed by atoms with Gasteiger partial charge in [0.2, 0.25) is 5.91 Å². The van der Waals surface area contributed by atoms with E-state index in [2.05, 4.69) is 36.3 Å². The molecule has 1 aromatic rings. The minimum Gasteiger partial charge on any atom is -0.497 e. The molecule has 0 aliphatic carbocycles. The summed E-state index contributed by atoms with van der Waals surface area (Å²) >= 11 is 6.03. The van der Waals surface area contributed by atoms with Crippen molar-refractivity contribution in [3.63, 3.8) is 0 Å². The van der Waals surface area contributed by atoms with Gasteiger partial charge in [-0.3, -0.25) is 14.5 Å². The summed E-state index contributed by atoms with van der Waals surface area (Å²) in [7, 11) is 1.55. The van der Waals surface area contributed by atoms with Crippen molar-refractivity contribution in [3.8, 4) is 5.75 Å². The molecule has 7 heteroatoms. The minimum absolute atomic E-state index is 0.0802. The van der Waals surface area contributed by atoms with Crippen molar-refractivity contribution in [2.45, 2.75) is 33.6 Å².